The Balaban J connectivity index is 1.92. The summed E-state index contributed by atoms with van der Waals surface area (Å²) in [6.45, 7) is 19.1. The number of fused-ring (bicyclic) bond motifs is 1. The van der Waals surface area contributed by atoms with Crippen LogP contribution in [0.1, 0.15) is 60.2 Å². The van der Waals surface area contributed by atoms with Gasteiger partial charge in [-0.3, -0.25) is 0 Å². The van der Waals surface area contributed by atoms with Gasteiger partial charge in [0.2, 0.25) is 0 Å². The molecular formula is C25H37NOSi. The van der Waals surface area contributed by atoms with Crippen LogP contribution in [0.25, 0.3) is 0 Å². The number of benzene rings is 2. The van der Waals surface area contributed by atoms with Crippen LogP contribution in [0, 0.1) is 20.8 Å². The van der Waals surface area contributed by atoms with Gasteiger partial charge in [0.05, 0.1) is 6.04 Å². The van der Waals surface area contributed by atoms with Crippen LogP contribution in [0.2, 0.25) is 18.1 Å². The molecule has 0 spiro atoms. The van der Waals surface area contributed by atoms with Crippen molar-refractivity contribution in [2.24, 2.45) is 0 Å². The van der Waals surface area contributed by atoms with Crippen LogP contribution >= 0.6 is 0 Å². The molecule has 1 heterocycles. The minimum atomic E-state index is -1.75. The Morgan fingerprint density at radius 3 is 2.25 bits per heavy atom. The lowest BCUT2D eigenvalue weighted by Crippen LogP contribution is -2.48. The lowest BCUT2D eigenvalue weighted by atomic mass is 9.83. The van der Waals surface area contributed by atoms with E-state index in [4.69, 9.17) is 4.43 Å². The van der Waals surface area contributed by atoms with Crippen LogP contribution < -0.4 is 5.32 Å². The molecule has 2 aromatic rings. The van der Waals surface area contributed by atoms with Crippen LogP contribution in [0.5, 0.6) is 0 Å². The van der Waals surface area contributed by atoms with Gasteiger partial charge in [0.25, 0.3) is 0 Å². The molecule has 2 atom stereocenters. The maximum atomic E-state index is 6.59. The fourth-order valence-corrected chi connectivity index (χ4v) is 5.22. The Bertz CT molecular complexity index is 827. The summed E-state index contributed by atoms with van der Waals surface area (Å²) < 4.78 is 6.59. The smallest absolute Gasteiger partial charge is 0.192 e. The largest absolute Gasteiger partial charge is 0.415 e. The van der Waals surface area contributed by atoms with Gasteiger partial charge < -0.3 is 9.74 Å². The monoisotopic (exact) mass is 395 g/mol. The number of aryl methyl sites for hydroxylation is 3. The Kier molecular flexibility index (Phi) is 5.91. The first-order valence-electron chi connectivity index (χ1n) is 10.5. The molecule has 3 rings (SSSR count). The molecule has 1 aliphatic heterocycles. The Labute approximate surface area is 172 Å². The first kappa shape index (κ1) is 21.3. The molecule has 2 nitrogen and oxygen atoms in total. The van der Waals surface area contributed by atoms with E-state index in [1.165, 1.54) is 33.4 Å². The number of hydrogen-bond acceptors (Lipinski definition) is 2. The average Bonchev–Trinajstić information content (AvgIpc) is 2.58. The highest BCUT2D eigenvalue weighted by Gasteiger charge is 2.38. The van der Waals surface area contributed by atoms with Crippen molar-refractivity contribution in [2.45, 2.75) is 78.2 Å². The molecule has 0 aromatic heterocycles. The van der Waals surface area contributed by atoms with E-state index in [2.05, 4.69) is 96.4 Å². The van der Waals surface area contributed by atoms with Gasteiger partial charge >= 0.3 is 0 Å². The molecule has 152 valence electrons. The predicted octanol–water partition coefficient (Wildman–Crippen LogP) is 6.24. The lowest BCUT2D eigenvalue weighted by Gasteiger charge is -2.40. The quantitative estimate of drug-likeness (QED) is 0.619. The molecule has 0 fully saturated rings. The minimum Gasteiger partial charge on any atom is -0.415 e. The van der Waals surface area contributed by atoms with E-state index in [1.54, 1.807) is 0 Å². The summed E-state index contributed by atoms with van der Waals surface area (Å²) >= 11 is 0. The molecule has 0 bridgehead atoms. The lowest BCUT2D eigenvalue weighted by molar-refractivity contribution is 0.229. The molecule has 1 aliphatic rings. The molecular weight excluding hydrogens is 358 g/mol. The summed E-state index contributed by atoms with van der Waals surface area (Å²) in [5.41, 5.74) is 8.37. The summed E-state index contributed by atoms with van der Waals surface area (Å²) in [5, 5.41) is 4.19. The molecule has 0 radical (unpaired) electrons. The van der Waals surface area contributed by atoms with Crippen LogP contribution in [0.15, 0.2) is 36.4 Å². The highest BCUT2D eigenvalue weighted by atomic mass is 28.4. The molecule has 0 aliphatic carbocycles. The van der Waals surface area contributed by atoms with Crippen LogP contribution in [0.3, 0.4) is 0 Å². The molecule has 0 amide bonds. The molecule has 0 unspecified atom stereocenters. The van der Waals surface area contributed by atoms with E-state index >= 15 is 0 Å². The van der Waals surface area contributed by atoms with Gasteiger partial charge in [-0.2, -0.15) is 0 Å². The Morgan fingerprint density at radius 2 is 1.64 bits per heavy atom. The second-order valence-corrected chi connectivity index (χ2v) is 14.9. The second-order valence-electron chi connectivity index (χ2n) is 10.1. The summed E-state index contributed by atoms with van der Waals surface area (Å²) in [6, 6.07) is 14.1. The third kappa shape index (κ3) is 4.27. The number of nitrogens with one attached hydrogen (secondary N) is 1. The topological polar surface area (TPSA) is 21.3 Å². The fourth-order valence-electron chi connectivity index (χ4n) is 4.17. The van der Waals surface area contributed by atoms with E-state index in [-0.39, 0.29) is 11.1 Å². The van der Waals surface area contributed by atoms with Gasteiger partial charge in [-0.25, -0.2) is 0 Å². The van der Waals surface area contributed by atoms with Crippen LogP contribution in [-0.2, 0) is 10.8 Å². The van der Waals surface area contributed by atoms with E-state index in [0.29, 0.717) is 6.04 Å². The molecule has 0 saturated heterocycles. The fraction of sp³-hybridized carbons (Fsp3) is 0.520. The first-order chi connectivity index (χ1) is 13.0. The summed E-state index contributed by atoms with van der Waals surface area (Å²) in [7, 11) is -1.75. The van der Waals surface area contributed by atoms with Crippen molar-refractivity contribution in [2.75, 3.05) is 6.61 Å². The SMILES string of the molecule is Cc1cc(C)c([C@H]2N[C@H](CO[Si](C)(C)C(C)(C)C)Cc3ccccc32)c(C)c1. The second kappa shape index (κ2) is 7.77. The minimum absolute atomic E-state index is 0.235. The standard InChI is InChI=1S/C25H37NOSi/c1-17-13-18(2)23(19(3)14-17)24-22-12-10-9-11-20(22)15-21(26-24)16-27-28(7,8)25(4,5)6/h9-14,21,24,26H,15-16H2,1-8H3/t21-,24-/m0/s1. The molecule has 2 aromatic carbocycles. The van der Waals surface area contributed by atoms with Gasteiger partial charge in [-0.15, -0.1) is 0 Å². The van der Waals surface area contributed by atoms with Gasteiger partial charge in [0.15, 0.2) is 8.32 Å². The normalized spacial score (nSPS) is 20.1. The zero-order valence-electron chi connectivity index (χ0n) is 18.9. The van der Waals surface area contributed by atoms with Crippen molar-refractivity contribution in [1.82, 2.24) is 5.32 Å². The average molecular weight is 396 g/mol. The van der Waals surface area contributed by atoms with Gasteiger partial charge in [0.1, 0.15) is 0 Å². The third-order valence-electron chi connectivity index (χ3n) is 6.71. The van der Waals surface area contributed by atoms with Crippen molar-refractivity contribution in [3.8, 4) is 0 Å². The third-order valence-corrected chi connectivity index (χ3v) is 11.2. The van der Waals surface area contributed by atoms with E-state index in [9.17, 15) is 0 Å². The zero-order chi connectivity index (χ0) is 20.7. The van der Waals surface area contributed by atoms with Crippen molar-refractivity contribution >= 4 is 8.32 Å². The summed E-state index contributed by atoms with van der Waals surface area (Å²) in [6.07, 6.45) is 1.03. The maximum Gasteiger partial charge on any atom is 0.192 e. The summed E-state index contributed by atoms with van der Waals surface area (Å²) in [5.74, 6) is 0. The highest BCUT2D eigenvalue weighted by molar-refractivity contribution is 6.74. The molecule has 3 heteroatoms. The van der Waals surface area contributed by atoms with Crippen LogP contribution in [-0.4, -0.2) is 21.0 Å². The molecule has 0 saturated carbocycles. The van der Waals surface area contributed by atoms with Crippen molar-refractivity contribution < 1.29 is 4.43 Å². The van der Waals surface area contributed by atoms with E-state index in [0.717, 1.165) is 13.0 Å². The Hall–Kier alpha value is -1.42. The zero-order valence-corrected chi connectivity index (χ0v) is 19.9. The van der Waals surface area contributed by atoms with Gasteiger partial charge in [0, 0.05) is 12.6 Å². The van der Waals surface area contributed by atoms with E-state index < -0.39 is 8.32 Å². The van der Waals surface area contributed by atoms with Gasteiger partial charge in [-0.05, 0) is 73.1 Å². The maximum absolute atomic E-state index is 6.59. The predicted molar refractivity (Wildman–Crippen MR) is 123 cm³/mol. The first-order valence-corrected chi connectivity index (χ1v) is 13.5. The number of rotatable bonds is 4. The van der Waals surface area contributed by atoms with Crippen molar-refractivity contribution in [1.29, 1.82) is 0 Å². The van der Waals surface area contributed by atoms with Gasteiger partial charge in [-0.1, -0.05) is 62.7 Å². The van der Waals surface area contributed by atoms with E-state index in [1.807, 2.05) is 0 Å². The van der Waals surface area contributed by atoms with Crippen molar-refractivity contribution in [3.05, 3.63) is 69.8 Å². The molecule has 1 N–H and O–H groups in total. The van der Waals surface area contributed by atoms with Crippen LogP contribution in [0.4, 0.5) is 0 Å². The molecule has 28 heavy (non-hydrogen) atoms. The van der Waals surface area contributed by atoms with Crippen molar-refractivity contribution in [3.63, 3.8) is 0 Å². The summed E-state index contributed by atoms with van der Waals surface area (Å²) in [4.78, 5) is 0. The number of hydrogen-bond donors (Lipinski definition) is 1. The highest BCUT2D eigenvalue weighted by Crippen LogP contribution is 2.38. The Morgan fingerprint density at radius 1 is 1.04 bits per heavy atom.